The van der Waals surface area contributed by atoms with Crippen molar-refractivity contribution in [1.29, 1.82) is 0 Å². The molecule has 1 aromatic rings. The van der Waals surface area contributed by atoms with Crippen LogP contribution in [0.25, 0.3) is 0 Å². The fourth-order valence-corrected chi connectivity index (χ4v) is 0.355. The Balaban J connectivity index is 0.000000265. The Kier molecular flexibility index (Phi) is 4.30. The van der Waals surface area contributed by atoms with E-state index < -0.39 is 12.1 Å². The maximum absolute atomic E-state index is 10.6. The number of rotatable bonds is 0. The Hall–Kier alpha value is -2.06. The van der Waals surface area contributed by atoms with Crippen LogP contribution in [0.4, 0.5) is 18.9 Å². The molecule has 0 radical (unpaired) electrons. The zero-order valence-electron chi connectivity index (χ0n) is 7.08. The third-order valence-electron chi connectivity index (χ3n) is 0.988. The summed E-state index contributed by atoms with van der Waals surface area (Å²) in [7, 11) is 0. The molecule has 0 amide bonds. The lowest BCUT2D eigenvalue weighted by Gasteiger charge is -1.93. The SMILES string of the molecule is Nc1cnc[nH]c1=O.O=C(O)C(F)(F)F. The Morgan fingerprint density at radius 1 is 1.53 bits per heavy atom. The summed E-state index contributed by atoms with van der Waals surface area (Å²) in [4.78, 5) is 25.2. The maximum Gasteiger partial charge on any atom is 0.490 e. The van der Waals surface area contributed by atoms with Crippen molar-refractivity contribution in [2.24, 2.45) is 0 Å². The van der Waals surface area contributed by atoms with Gasteiger partial charge in [-0.05, 0) is 0 Å². The Morgan fingerprint density at radius 3 is 2.20 bits per heavy atom. The molecule has 0 bridgehead atoms. The van der Waals surface area contributed by atoms with Gasteiger partial charge in [0.15, 0.2) is 0 Å². The average molecular weight is 225 g/mol. The third-order valence-corrected chi connectivity index (χ3v) is 0.988. The predicted molar refractivity (Wildman–Crippen MR) is 43.0 cm³/mol. The molecule has 0 saturated heterocycles. The van der Waals surface area contributed by atoms with Gasteiger partial charge in [-0.1, -0.05) is 0 Å². The maximum atomic E-state index is 10.6. The first-order chi connectivity index (χ1) is 6.75. The second kappa shape index (κ2) is 4.98. The Morgan fingerprint density at radius 2 is 2.00 bits per heavy atom. The molecule has 84 valence electrons. The van der Waals surface area contributed by atoms with E-state index >= 15 is 0 Å². The summed E-state index contributed by atoms with van der Waals surface area (Å²) in [6.45, 7) is 0. The number of H-pyrrole nitrogens is 1. The number of alkyl halides is 3. The average Bonchev–Trinajstić information content (AvgIpc) is 2.09. The number of aliphatic carboxylic acids is 1. The van der Waals surface area contributed by atoms with Crippen molar-refractivity contribution in [2.75, 3.05) is 5.73 Å². The zero-order valence-corrected chi connectivity index (χ0v) is 7.08. The molecule has 0 saturated carbocycles. The third kappa shape index (κ3) is 5.29. The lowest BCUT2D eigenvalue weighted by molar-refractivity contribution is -0.192. The van der Waals surface area contributed by atoms with E-state index in [1.165, 1.54) is 12.5 Å². The molecule has 0 fully saturated rings. The number of carbonyl (C=O) groups is 1. The number of aromatic nitrogens is 2. The summed E-state index contributed by atoms with van der Waals surface area (Å²) in [5, 5.41) is 7.12. The lowest BCUT2D eigenvalue weighted by Crippen LogP contribution is -2.21. The van der Waals surface area contributed by atoms with Crippen LogP contribution in [0, 0.1) is 0 Å². The van der Waals surface area contributed by atoms with Gasteiger partial charge in [0.1, 0.15) is 5.69 Å². The first kappa shape index (κ1) is 12.9. The molecule has 0 atom stereocenters. The van der Waals surface area contributed by atoms with Crippen molar-refractivity contribution >= 4 is 11.7 Å². The number of nitrogens with zero attached hydrogens (tertiary/aromatic N) is 1. The lowest BCUT2D eigenvalue weighted by atomic mass is 10.6. The monoisotopic (exact) mass is 225 g/mol. The summed E-state index contributed by atoms with van der Waals surface area (Å²) in [5.41, 5.74) is 4.97. The number of anilines is 1. The van der Waals surface area contributed by atoms with Gasteiger partial charge in [-0.3, -0.25) is 4.79 Å². The van der Waals surface area contributed by atoms with Crippen molar-refractivity contribution in [2.45, 2.75) is 6.18 Å². The minimum atomic E-state index is -5.08. The highest BCUT2D eigenvalue weighted by atomic mass is 19.4. The number of halogens is 3. The van der Waals surface area contributed by atoms with Crippen LogP contribution in [0.15, 0.2) is 17.3 Å². The summed E-state index contributed by atoms with van der Waals surface area (Å²) in [5.74, 6) is -2.76. The number of nitrogens with two attached hydrogens (primary N) is 1. The summed E-state index contributed by atoms with van der Waals surface area (Å²) < 4.78 is 31.7. The van der Waals surface area contributed by atoms with Gasteiger partial charge in [-0.15, -0.1) is 0 Å². The molecule has 0 aliphatic heterocycles. The fourth-order valence-electron chi connectivity index (χ4n) is 0.355. The summed E-state index contributed by atoms with van der Waals surface area (Å²) >= 11 is 0. The second-order valence-corrected chi connectivity index (χ2v) is 2.14. The van der Waals surface area contributed by atoms with Crippen LogP contribution in [0.2, 0.25) is 0 Å². The highest BCUT2D eigenvalue weighted by molar-refractivity contribution is 5.73. The molecule has 0 spiro atoms. The van der Waals surface area contributed by atoms with Gasteiger partial charge in [0.05, 0.1) is 12.5 Å². The van der Waals surface area contributed by atoms with Crippen molar-refractivity contribution in [3.05, 3.63) is 22.9 Å². The van der Waals surface area contributed by atoms with Crippen LogP contribution in [-0.4, -0.2) is 27.2 Å². The normalized spacial score (nSPS) is 10.1. The van der Waals surface area contributed by atoms with E-state index in [4.69, 9.17) is 15.6 Å². The molecule has 4 N–H and O–H groups in total. The fraction of sp³-hybridized carbons (Fsp3) is 0.167. The molecule has 0 aromatic carbocycles. The van der Waals surface area contributed by atoms with E-state index in [2.05, 4.69) is 9.97 Å². The van der Waals surface area contributed by atoms with Crippen molar-refractivity contribution in [3.8, 4) is 0 Å². The first-order valence-corrected chi connectivity index (χ1v) is 3.33. The molecule has 0 aliphatic rings. The van der Waals surface area contributed by atoms with Gasteiger partial charge in [0, 0.05) is 0 Å². The quantitative estimate of drug-likeness (QED) is 0.575. The summed E-state index contributed by atoms with van der Waals surface area (Å²) in [6, 6.07) is 0. The second-order valence-electron chi connectivity index (χ2n) is 2.14. The molecule has 1 rings (SSSR count). The van der Waals surface area contributed by atoms with E-state index in [0.717, 1.165) is 0 Å². The minimum absolute atomic E-state index is 0.146. The van der Waals surface area contributed by atoms with E-state index in [-0.39, 0.29) is 11.2 Å². The Bertz CT molecular complexity index is 387. The van der Waals surface area contributed by atoms with E-state index in [9.17, 15) is 18.0 Å². The highest BCUT2D eigenvalue weighted by Crippen LogP contribution is 2.13. The van der Waals surface area contributed by atoms with Crippen molar-refractivity contribution in [3.63, 3.8) is 0 Å². The van der Waals surface area contributed by atoms with Crippen LogP contribution in [-0.2, 0) is 4.79 Å². The van der Waals surface area contributed by atoms with Crippen LogP contribution < -0.4 is 11.3 Å². The number of carboxylic acid groups (broad SMARTS) is 1. The van der Waals surface area contributed by atoms with Crippen LogP contribution >= 0.6 is 0 Å². The molecule has 1 aromatic heterocycles. The molecule has 6 nitrogen and oxygen atoms in total. The number of nitrogen functional groups attached to an aromatic ring is 1. The largest absolute Gasteiger partial charge is 0.490 e. The molecule has 9 heteroatoms. The molecular formula is C6H6F3N3O3. The van der Waals surface area contributed by atoms with Gasteiger partial charge in [-0.25, -0.2) is 9.78 Å². The predicted octanol–water partition coefficient (Wildman–Crippen LogP) is -0.0146. The number of nitrogens with one attached hydrogen (secondary N) is 1. The van der Waals surface area contributed by atoms with E-state index in [1.54, 1.807) is 0 Å². The summed E-state index contributed by atoms with van der Waals surface area (Å²) in [6.07, 6.45) is -2.49. The van der Waals surface area contributed by atoms with Gasteiger partial charge in [0.25, 0.3) is 5.56 Å². The van der Waals surface area contributed by atoms with Gasteiger partial charge < -0.3 is 15.8 Å². The van der Waals surface area contributed by atoms with Gasteiger partial charge in [-0.2, -0.15) is 13.2 Å². The smallest absolute Gasteiger partial charge is 0.475 e. The standard InChI is InChI=1S/C4H5N3O.C2HF3O2/c5-3-1-6-2-7-4(3)8;3-2(4,5)1(6)7/h1-2H,5H2,(H,6,7,8);(H,6,7). The number of hydrogen-bond donors (Lipinski definition) is 3. The van der Waals surface area contributed by atoms with E-state index in [1.807, 2.05) is 0 Å². The van der Waals surface area contributed by atoms with Gasteiger partial charge >= 0.3 is 12.1 Å². The van der Waals surface area contributed by atoms with E-state index in [0.29, 0.717) is 0 Å². The van der Waals surface area contributed by atoms with Crippen LogP contribution in [0.5, 0.6) is 0 Å². The van der Waals surface area contributed by atoms with Crippen molar-refractivity contribution < 1.29 is 23.1 Å². The molecular weight excluding hydrogens is 219 g/mol. The number of aromatic amines is 1. The molecule has 0 unspecified atom stereocenters. The minimum Gasteiger partial charge on any atom is -0.475 e. The van der Waals surface area contributed by atoms with Gasteiger partial charge in [0.2, 0.25) is 0 Å². The number of carboxylic acids is 1. The zero-order chi connectivity index (χ0) is 12.1. The topological polar surface area (TPSA) is 109 Å². The number of hydrogen-bond acceptors (Lipinski definition) is 4. The first-order valence-electron chi connectivity index (χ1n) is 3.33. The molecule has 1 heterocycles. The highest BCUT2D eigenvalue weighted by Gasteiger charge is 2.38. The Labute approximate surface area is 80.6 Å². The van der Waals surface area contributed by atoms with Crippen molar-refractivity contribution in [1.82, 2.24) is 9.97 Å². The molecule has 15 heavy (non-hydrogen) atoms. The van der Waals surface area contributed by atoms with Crippen LogP contribution in [0.3, 0.4) is 0 Å². The van der Waals surface area contributed by atoms with Crippen LogP contribution in [0.1, 0.15) is 0 Å². The molecule has 0 aliphatic carbocycles.